The van der Waals surface area contributed by atoms with Crippen molar-refractivity contribution in [2.45, 2.75) is 26.2 Å². The van der Waals surface area contributed by atoms with Gasteiger partial charge in [0, 0.05) is 71.8 Å². The number of fused-ring (bicyclic) bond motifs is 8. The lowest BCUT2D eigenvalue weighted by atomic mass is 9.30. The number of rotatable bonds is 7. The van der Waals surface area contributed by atoms with E-state index in [4.69, 9.17) is 0 Å². The number of benzene rings is 9. The van der Waals surface area contributed by atoms with E-state index in [2.05, 4.69) is 255 Å². The van der Waals surface area contributed by atoms with Gasteiger partial charge in [-0.2, -0.15) is 0 Å². The molecule has 0 spiro atoms. The first-order valence-corrected chi connectivity index (χ1v) is 24.0. The second-order valence-corrected chi connectivity index (χ2v) is 18.9. The zero-order valence-corrected chi connectivity index (χ0v) is 38.2. The van der Waals surface area contributed by atoms with E-state index < -0.39 is 0 Å². The Hall–Kier alpha value is -6.96. The van der Waals surface area contributed by atoms with Crippen LogP contribution in [0.25, 0.3) is 0 Å². The van der Waals surface area contributed by atoms with Gasteiger partial charge in [0.2, 0.25) is 0 Å². The smallest absolute Gasteiger partial charge is 0.252 e. The number of aryl methyl sites for hydroxylation is 1. The maximum atomic E-state index is 2.62. The van der Waals surface area contributed by atoms with Gasteiger partial charge in [-0.05, 0) is 165 Å². The fourth-order valence-corrected chi connectivity index (χ4v) is 11.9. The zero-order valence-electron chi connectivity index (χ0n) is 36.1. The summed E-state index contributed by atoms with van der Waals surface area (Å²) < 4.78 is 1.20. The van der Waals surface area contributed by atoms with E-state index in [-0.39, 0.29) is 13.4 Å². The van der Waals surface area contributed by atoms with Crippen molar-refractivity contribution in [3.05, 3.63) is 215 Å². The van der Waals surface area contributed by atoms with Crippen LogP contribution in [0.1, 0.15) is 25.3 Å². The summed E-state index contributed by atoms with van der Waals surface area (Å²) in [5, 5.41) is 0. The molecule has 0 radical (unpaired) electrons. The Bertz CT molecular complexity index is 3310. The maximum Gasteiger partial charge on any atom is 0.252 e. The molecule has 4 aliphatic heterocycles. The van der Waals surface area contributed by atoms with E-state index in [1.807, 2.05) is 0 Å². The minimum absolute atomic E-state index is 0.000865. The van der Waals surface area contributed by atoms with Gasteiger partial charge in [0.25, 0.3) is 13.4 Å². The Morgan fingerprint density at radius 3 is 1.11 bits per heavy atom. The quantitative estimate of drug-likeness (QED) is 0.117. The van der Waals surface area contributed by atoms with Crippen LogP contribution in [0.2, 0.25) is 0 Å². The molecule has 13 rings (SSSR count). The van der Waals surface area contributed by atoms with E-state index >= 15 is 0 Å². The van der Waals surface area contributed by atoms with Gasteiger partial charge in [-0.25, -0.2) is 0 Å². The standard InChI is InChI=1S/C58H43B2IN4/c1-2-3-20-39-33-53-57-54(34-39)64(43-25-12-6-13-26-43)51-38-52-48(37-47(51)59(57)45-29-16-18-31-49(45)62(53)41-21-8-4-9-22-41)60-46-30-17-19-32-50(46)63(42-23-10-5-11-24-42)55-35-40(61)36-56(58(55)60)65(52)44-27-14-7-15-28-44/h4-19,21-38H,2-3,20H2,1H3. The van der Waals surface area contributed by atoms with Crippen molar-refractivity contribution in [2.75, 3.05) is 19.6 Å². The zero-order chi connectivity index (χ0) is 43.2. The average molecular weight is 945 g/mol. The van der Waals surface area contributed by atoms with Crippen LogP contribution in [0.4, 0.5) is 68.2 Å². The molecule has 0 unspecified atom stereocenters. The second kappa shape index (κ2) is 15.3. The summed E-state index contributed by atoms with van der Waals surface area (Å²) in [6.45, 7) is 2.29. The lowest BCUT2D eigenvalue weighted by Gasteiger charge is -2.47. The highest BCUT2D eigenvalue weighted by Crippen LogP contribution is 2.49. The van der Waals surface area contributed by atoms with Crippen molar-refractivity contribution in [3.8, 4) is 0 Å². The topological polar surface area (TPSA) is 13.0 Å². The fraction of sp³-hybridized carbons (Fsp3) is 0.0690. The number of unbranched alkanes of at least 4 members (excludes halogenated alkanes) is 1. The van der Waals surface area contributed by atoms with E-state index in [0.29, 0.717) is 0 Å². The van der Waals surface area contributed by atoms with Crippen molar-refractivity contribution < 1.29 is 0 Å². The van der Waals surface area contributed by atoms with E-state index in [0.717, 1.165) is 36.3 Å². The lowest BCUT2D eigenvalue weighted by Crippen LogP contribution is -2.65. The molecule has 0 bridgehead atoms. The maximum absolute atomic E-state index is 2.62. The molecule has 0 amide bonds. The first-order chi connectivity index (χ1) is 32.2. The molecule has 0 fully saturated rings. The number of hydrogen-bond donors (Lipinski definition) is 0. The molecular weight excluding hydrogens is 901 g/mol. The minimum atomic E-state index is -0.00413. The summed E-state index contributed by atoms with van der Waals surface area (Å²) in [7, 11) is 0. The summed E-state index contributed by atoms with van der Waals surface area (Å²) >= 11 is 2.54. The molecule has 4 aliphatic rings. The van der Waals surface area contributed by atoms with Gasteiger partial charge in [0.1, 0.15) is 0 Å². The molecule has 7 heteroatoms. The van der Waals surface area contributed by atoms with Gasteiger partial charge in [0.15, 0.2) is 0 Å². The fourth-order valence-electron chi connectivity index (χ4n) is 11.4. The van der Waals surface area contributed by atoms with E-state index in [1.165, 1.54) is 93.1 Å². The predicted molar refractivity (Wildman–Crippen MR) is 286 cm³/mol. The van der Waals surface area contributed by atoms with Crippen molar-refractivity contribution >= 4 is 137 Å². The lowest BCUT2D eigenvalue weighted by molar-refractivity contribution is 0.795. The van der Waals surface area contributed by atoms with Crippen LogP contribution in [0.15, 0.2) is 206 Å². The van der Waals surface area contributed by atoms with Crippen LogP contribution in [-0.4, -0.2) is 13.4 Å². The van der Waals surface area contributed by atoms with Crippen LogP contribution >= 0.6 is 22.6 Å². The van der Waals surface area contributed by atoms with Gasteiger partial charge in [-0.3, -0.25) is 0 Å². The highest BCUT2D eigenvalue weighted by atomic mass is 127. The Balaban J connectivity index is 1.15. The Kier molecular flexibility index (Phi) is 9.09. The molecule has 0 atom stereocenters. The van der Waals surface area contributed by atoms with E-state index in [9.17, 15) is 0 Å². The summed E-state index contributed by atoms with van der Waals surface area (Å²) in [5.74, 6) is 0. The van der Waals surface area contributed by atoms with E-state index in [1.54, 1.807) is 0 Å². The third-order valence-electron chi connectivity index (χ3n) is 14.0. The highest BCUT2D eigenvalue weighted by molar-refractivity contribution is 14.1. The molecule has 0 N–H and O–H groups in total. The minimum Gasteiger partial charge on any atom is -0.311 e. The Morgan fingerprint density at radius 1 is 0.354 bits per heavy atom. The van der Waals surface area contributed by atoms with Crippen LogP contribution in [0.3, 0.4) is 0 Å². The first-order valence-electron chi connectivity index (χ1n) is 22.9. The van der Waals surface area contributed by atoms with Crippen molar-refractivity contribution in [1.82, 2.24) is 0 Å². The van der Waals surface area contributed by atoms with Crippen molar-refractivity contribution in [2.24, 2.45) is 0 Å². The average Bonchev–Trinajstić information content (AvgIpc) is 3.36. The Morgan fingerprint density at radius 2 is 0.708 bits per heavy atom. The van der Waals surface area contributed by atoms with Crippen LogP contribution in [0.5, 0.6) is 0 Å². The molecule has 65 heavy (non-hydrogen) atoms. The van der Waals surface area contributed by atoms with Crippen LogP contribution < -0.4 is 52.4 Å². The highest BCUT2D eigenvalue weighted by Gasteiger charge is 2.48. The van der Waals surface area contributed by atoms with Gasteiger partial charge in [-0.1, -0.05) is 129 Å². The summed E-state index contributed by atoms with van der Waals surface area (Å²) in [5.41, 5.74) is 23.9. The molecule has 9 aromatic rings. The molecule has 0 aromatic heterocycles. The first kappa shape index (κ1) is 38.5. The normalized spacial score (nSPS) is 13.7. The molecule has 4 nitrogen and oxygen atoms in total. The number of nitrogens with zero attached hydrogens (tertiary/aromatic N) is 4. The van der Waals surface area contributed by atoms with Gasteiger partial charge < -0.3 is 19.6 Å². The molecule has 308 valence electrons. The third kappa shape index (κ3) is 5.91. The molecule has 9 aromatic carbocycles. The largest absolute Gasteiger partial charge is 0.311 e. The van der Waals surface area contributed by atoms with Gasteiger partial charge in [0.05, 0.1) is 0 Å². The molecular formula is C58H43B2IN4. The van der Waals surface area contributed by atoms with Crippen molar-refractivity contribution in [1.29, 1.82) is 0 Å². The number of para-hydroxylation sites is 6. The second-order valence-electron chi connectivity index (χ2n) is 17.6. The third-order valence-corrected chi connectivity index (χ3v) is 14.6. The molecule has 4 heterocycles. The number of halogens is 1. The van der Waals surface area contributed by atoms with Crippen molar-refractivity contribution in [3.63, 3.8) is 0 Å². The van der Waals surface area contributed by atoms with Gasteiger partial charge in [-0.15, -0.1) is 0 Å². The van der Waals surface area contributed by atoms with Crippen LogP contribution in [0, 0.1) is 3.57 Å². The summed E-state index contributed by atoms with van der Waals surface area (Å²) in [6.07, 6.45) is 3.30. The molecule has 0 saturated carbocycles. The summed E-state index contributed by atoms with van der Waals surface area (Å²) in [4.78, 5) is 10.2. The van der Waals surface area contributed by atoms with Gasteiger partial charge >= 0.3 is 0 Å². The SMILES string of the molecule is CCCCc1cc2c3c(c1)N(c1ccccc1)c1cc4c(cc1B3c1ccccc1N2c1ccccc1)B1c2ccccc2N(c2ccccc2)c2cc(I)cc(c21)N4c1ccccc1. The summed E-state index contributed by atoms with van der Waals surface area (Å²) in [6, 6.07) is 77.3. The molecule has 0 saturated heterocycles. The monoisotopic (exact) mass is 944 g/mol. The molecule has 0 aliphatic carbocycles. The van der Waals surface area contributed by atoms with Crippen LogP contribution in [-0.2, 0) is 6.42 Å². The number of anilines is 12. The number of hydrogen-bond acceptors (Lipinski definition) is 4. The predicted octanol–water partition coefficient (Wildman–Crippen LogP) is 11.8. The Labute approximate surface area is 395 Å².